The average Bonchev–Trinajstić information content (AvgIpc) is 2.33. The van der Waals surface area contributed by atoms with E-state index in [4.69, 9.17) is 16.3 Å². The number of benzene rings is 1. The molecule has 0 aliphatic rings. The van der Waals surface area contributed by atoms with Crippen LogP contribution < -0.4 is 15.4 Å². The first kappa shape index (κ1) is 14.8. The second-order valence-corrected chi connectivity index (χ2v) is 4.25. The van der Waals surface area contributed by atoms with Crippen molar-refractivity contribution < 1.29 is 9.53 Å². The molecule has 0 unspecified atom stereocenters. The Morgan fingerprint density at radius 2 is 2.22 bits per heavy atom. The van der Waals surface area contributed by atoms with Crippen molar-refractivity contribution in [2.45, 2.75) is 19.9 Å². The quantitative estimate of drug-likeness (QED) is 0.796. The standard InChI is InChI=1S/C13H19ClN2O2/c1-3-16-13(17)6-7-18-12-5-4-10(9-15-2)8-11(12)14/h4-5,8,15H,3,6-7,9H2,1-2H3,(H,16,17). The number of rotatable bonds is 7. The number of ether oxygens (including phenoxy) is 1. The molecule has 0 spiro atoms. The number of hydrogen-bond donors (Lipinski definition) is 2. The van der Waals surface area contributed by atoms with Crippen LogP contribution in [0.3, 0.4) is 0 Å². The predicted octanol–water partition coefficient (Wildman–Crippen LogP) is 1.96. The van der Waals surface area contributed by atoms with E-state index in [1.807, 2.05) is 32.2 Å². The minimum Gasteiger partial charge on any atom is -0.491 e. The fourth-order valence-corrected chi connectivity index (χ4v) is 1.77. The van der Waals surface area contributed by atoms with Crippen LogP contribution >= 0.6 is 11.6 Å². The molecule has 0 atom stereocenters. The maximum Gasteiger partial charge on any atom is 0.223 e. The number of nitrogens with one attached hydrogen (secondary N) is 2. The van der Waals surface area contributed by atoms with Crippen molar-refractivity contribution in [3.63, 3.8) is 0 Å². The summed E-state index contributed by atoms with van der Waals surface area (Å²) in [5.74, 6) is 0.598. The first-order valence-electron chi connectivity index (χ1n) is 6.00. The minimum absolute atomic E-state index is 0.0135. The van der Waals surface area contributed by atoms with Crippen LogP contribution in [-0.4, -0.2) is 26.1 Å². The Balaban J connectivity index is 2.45. The molecule has 100 valence electrons. The van der Waals surface area contributed by atoms with Gasteiger partial charge in [-0.3, -0.25) is 4.79 Å². The van der Waals surface area contributed by atoms with Crippen LogP contribution in [0.15, 0.2) is 18.2 Å². The molecule has 0 saturated carbocycles. The number of amides is 1. The van der Waals surface area contributed by atoms with E-state index in [0.29, 0.717) is 30.3 Å². The zero-order chi connectivity index (χ0) is 13.4. The smallest absolute Gasteiger partial charge is 0.223 e. The zero-order valence-electron chi connectivity index (χ0n) is 10.8. The molecule has 1 aromatic carbocycles. The van der Waals surface area contributed by atoms with Gasteiger partial charge in [-0.2, -0.15) is 0 Å². The molecular formula is C13H19ClN2O2. The number of halogens is 1. The van der Waals surface area contributed by atoms with Crippen molar-refractivity contribution in [2.24, 2.45) is 0 Å². The third-order valence-electron chi connectivity index (χ3n) is 2.34. The molecule has 0 fully saturated rings. The summed E-state index contributed by atoms with van der Waals surface area (Å²) in [6, 6.07) is 5.63. The Labute approximate surface area is 113 Å². The fraction of sp³-hybridized carbons (Fsp3) is 0.462. The third kappa shape index (κ3) is 4.94. The summed E-state index contributed by atoms with van der Waals surface area (Å²) >= 11 is 6.09. The Morgan fingerprint density at radius 1 is 1.44 bits per heavy atom. The van der Waals surface area contributed by atoms with Gasteiger partial charge in [0.1, 0.15) is 5.75 Å². The van der Waals surface area contributed by atoms with Gasteiger partial charge in [-0.25, -0.2) is 0 Å². The third-order valence-corrected chi connectivity index (χ3v) is 2.63. The van der Waals surface area contributed by atoms with Crippen LogP contribution in [0.4, 0.5) is 0 Å². The molecule has 1 aromatic rings. The molecule has 0 aliphatic carbocycles. The van der Waals surface area contributed by atoms with Gasteiger partial charge in [-0.1, -0.05) is 17.7 Å². The van der Waals surface area contributed by atoms with Gasteiger partial charge in [-0.15, -0.1) is 0 Å². The Hall–Kier alpha value is -1.26. The summed E-state index contributed by atoms with van der Waals surface area (Å²) in [4.78, 5) is 11.2. The molecule has 0 radical (unpaired) electrons. The van der Waals surface area contributed by atoms with Crippen LogP contribution in [0.25, 0.3) is 0 Å². The topological polar surface area (TPSA) is 50.4 Å². The molecule has 1 amide bonds. The van der Waals surface area contributed by atoms with Crippen LogP contribution in [0, 0.1) is 0 Å². The molecule has 0 saturated heterocycles. The summed E-state index contributed by atoms with van der Waals surface area (Å²) in [5, 5.41) is 6.33. The lowest BCUT2D eigenvalue weighted by molar-refractivity contribution is -0.121. The van der Waals surface area contributed by atoms with E-state index in [1.165, 1.54) is 0 Å². The average molecular weight is 271 g/mol. The van der Waals surface area contributed by atoms with Crippen molar-refractivity contribution in [1.82, 2.24) is 10.6 Å². The van der Waals surface area contributed by atoms with E-state index in [-0.39, 0.29) is 5.91 Å². The summed E-state index contributed by atoms with van der Waals surface area (Å²) in [5.41, 5.74) is 1.10. The van der Waals surface area contributed by atoms with E-state index < -0.39 is 0 Å². The lowest BCUT2D eigenvalue weighted by atomic mass is 10.2. The lowest BCUT2D eigenvalue weighted by Crippen LogP contribution is -2.24. The van der Waals surface area contributed by atoms with Gasteiger partial charge in [0.05, 0.1) is 18.1 Å². The van der Waals surface area contributed by atoms with Gasteiger partial charge in [-0.05, 0) is 31.7 Å². The van der Waals surface area contributed by atoms with Crippen molar-refractivity contribution in [2.75, 3.05) is 20.2 Å². The molecule has 18 heavy (non-hydrogen) atoms. The van der Waals surface area contributed by atoms with Crippen LogP contribution in [0.5, 0.6) is 5.75 Å². The predicted molar refractivity (Wildman–Crippen MR) is 73.0 cm³/mol. The normalized spacial score (nSPS) is 10.2. The van der Waals surface area contributed by atoms with E-state index in [0.717, 1.165) is 12.1 Å². The Kier molecular flexibility index (Phi) is 6.54. The highest BCUT2D eigenvalue weighted by atomic mass is 35.5. The minimum atomic E-state index is -0.0135. The van der Waals surface area contributed by atoms with Gasteiger partial charge in [0, 0.05) is 13.1 Å². The van der Waals surface area contributed by atoms with Gasteiger partial charge in [0.2, 0.25) is 5.91 Å². The van der Waals surface area contributed by atoms with Crippen molar-refractivity contribution in [3.05, 3.63) is 28.8 Å². The summed E-state index contributed by atoms with van der Waals surface area (Å²) in [7, 11) is 1.88. The van der Waals surface area contributed by atoms with E-state index in [9.17, 15) is 4.79 Å². The molecule has 2 N–H and O–H groups in total. The molecule has 0 aromatic heterocycles. The monoisotopic (exact) mass is 270 g/mol. The summed E-state index contributed by atoms with van der Waals surface area (Å²) < 4.78 is 5.47. The first-order valence-corrected chi connectivity index (χ1v) is 6.37. The van der Waals surface area contributed by atoms with Gasteiger partial charge < -0.3 is 15.4 Å². The van der Waals surface area contributed by atoms with Gasteiger partial charge in [0.25, 0.3) is 0 Å². The van der Waals surface area contributed by atoms with Gasteiger partial charge in [0.15, 0.2) is 0 Å². The molecule has 0 bridgehead atoms. The molecule has 0 aliphatic heterocycles. The van der Waals surface area contributed by atoms with E-state index in [1.54, 1.807) is 0 Å². The second-order valence-electron chi connectivity index (χ2n) is 3.85. The number of carbonyl (C=O) groups excluding carboxylic acids is 1. The summed E-state index contributed by atoms with van der Waals surface area (Å²) in [6.07, 6.45) is 0.336. The first-order chi connectivity index (χ1) is 8.67. The highest BCUT2D eigenvalue weighted by Crippen LogP contribution is 2.25. The van der Waals surface area contributed by atoms with E-state index in [2.05, 4.69) is 10.6 Å². The maximum atomic E-state index is 11.2. The Bertz CT molecular complexity index is 397. The fourth-order valence-electron chi connectivity index (χ4n) is 1.51. The molecule has 4 nitrogen and oxygen atoms in total. The highest BCUT2D eigenvalue weighted by Gasteiger charge is 2.04. The summed E-state index contributed by atoms with van der Waals surface area (Å²) in [6.45, 7) is 3.62. The van der Waals surface area contributed by atoms with Crippen LogP contribution in [-0.2, 0) is 11.3 Å². The van der Waals surface area contributed by atoms with Crippen molar-refractivity contribution in [3.8, 4) is 5.75 Å². The highest BCUT2D eigenvalue weighted by molar-refractivity contribution is 6.32. The maximum absolute atomic E-state index is 11.2. The molecule has 0 heterocycles. The van der Waals surface area contributed by atoms with Gasteiger partial charge >= 0.3 is 0 Å². The molecule has 1 rings (SSSR count). The zero-order valence-corrected chi connectivity index (χ0v) is 11.5. The SMILES string of the molecule is CCNC(=O)CCOc1ccc(CNC)cc1Cl. The van der Waals surface area contributed by atoms with Crippen LogP contribution in [0.1, 0.15) is 18.9 Å². The molecule has 5 heteroatoms. The lowest BCUT2D eigenvalue weighted by Gasteiger charge is -2.09. The largest absolute Gasteiger partial charge is 0.491 e. The van der Waals surface area contributed by atoms with Crippen LogP contribution in [0.2, 0.25) is 5.02 Å². The number of hydrogen-bond acceptors (Lipinski definition) is 3. The Morgan fingerprint density at radius 3 is 2.83 bits per heavy atom. The van der Waals surface area contributed by atoms with Crippen molar-refractivity contribution >= 4 is 17.5 Å². The van der Waals surface area contributed by atoms with E-state index >= 15 is 0 Å². The number of carbonyl (C=O) groups is 1. The van der Waals surface area contributed by atoms with Crippen molar-refractivity contribution in [1.29, 1.82) is 0 Å². The molecular weight excluding hydrogens is 252 g/mol. The second kappa shape index (κ2) is 7.95.